The fourth-order valence-corrected chi connectivity index (χ4v) is 6.45. The smallest absolute Gasteiger partial charge is 0.226 e. The van der Waals surface area contributed by atoms with Crippen LogP contribution in [0.4, 0.5) is 0 Å². The highest BCUT2D eigenvalue weighted by atomic mass is 79.9. The Kier molecular flexibility index (Phi) is 6.39. The van der Waals surface area contributed by atoms with E-state index in [2.05, 4.69) is 28.1 Å². The number of piperidine rings is 1. The molecular formula is C26H25BrClN3O2. The molecule has 33 heavy (non-hydrogen) atoms. The normalized spacial score (nSPS) is 18.4. The second-order valence-electron chi connectivity index (χ2n) is 8.95. The Morgan fingerprint density at radius 2 is 1.88 bits per heavy atom. The fraction of sp³-hybridized carbons (Fsp3) is 0.346. The first kappa shape index (κ1) is 22.4. The Bertz CT molecular complexity index is 1180. The number of hydrogen-bond donors (Lipinski definition) is 0. The van der Waals surface area contributed by atoms with Crippen molar-refractivity contribution in [2.45, 2.75) is 38.0 Å². The van der Waals surface area contributed by atoms with Crippen molar-refractivity contribution in [3.8, 4) is 0 Å². The zero-order valence-electron chi connectivity index (χ0n) is 18.2. The quantitative estimate of drug-likeness (QED) is 0.362. The van der Waals surface area contributed by atoms with E-state index in [-0.39, 0.29) is 11.8 Å². The Labute approximate surface area is 207 Å². The van der Waals surface area contributed by atoms with Crippen LogP contribution >= 0.6 is 27.5 Å². The van der Waals surface area contributed by atoms with Crippen LogP contribution in [0.2, 0.25) is 5.02 Å². The predicted molar refractivity (Wildman–Crippen MR) is 131 cm³/mol. The zero-order chi connectivity index (χ0) is 22.9. The van der Waals surface area contributed by atoms with Gasteiger partial charge in [-0.25, -0.2) is 0 Å². The van der Waals surface area contributed by atoms with Gasteiger partial charge in [0.2, 0.25) is 5.91 Å². The van der Waals surface area contributed by atoms with Crippen molar-refractivity contribution < 1.29 is 9.52 Å². The van der Waals surface area contributed by atoms with E-state index in [9.17, 15) is 10.0 Å². The molecule has 2 aromatic heterocycles. The molecule has 0 saturated carbocycles. The molecule has 3 heterocycles. The molecule has 3 aromatic rings. The number of hydrogen-bond acceptors (Lipinski definition) is 3. The third-order valence-electron chi connectivity index (χ3n) is 6.97. The molecule has 5 nitrogen and oxygen atoms in total. The van der Waals surface area contributed by atoms with Crippen LogP contribution in [0.5, 0.6) is 0 Å². The fourth-order valence-electron chi connectivity index (χ4n) is 5.33. The van der Waals surface area contributed by atoms with E-state index in [0.717, 1.165) is 58.6 Å². The van der Waals surface area contributed by atoms with Gasteiger partial charge in [-0.15, -0.1) is 0 Å². The van der Waals surface area contributed by atoms with Crippen LogP contribution in [-0.4, -0.2) is 28.9 Å². The number of carbonyl (C=O) groups is 1. The number of aromatic nitrogens is 2. The van der Waals surface area contributed by atoms with Gasteiger partial charge in [-0.3, -0.25) is 9.78 Å². The van der Waals surface area contributed by atoms with Crippen molar-refractivity contribution >= 4 is 33.4 Å². The van der Waals surface area contributed by atoms with Gasteiger partial charge in [0.1, 0.15) is 0 Å². The lowest BCUT2D eigenvalue weighted by Crippen LogP contribution is -2.41. The summed E-state index contributed by atoms with van der Waals surface area (Å²) in [6.45, 7) is 1.47. The van der Waals surface area contributed by atoms with Crippen molar-refractivity contribution in [2.75, 3.05) is 13.1 Å². The minimum atomic E-state index is 0.116. The van der Waals surface area contributed by atoms with E-state index in [1.807, 2.05) is 23.2 Å². The number of pyridine rings is 2. The van der Waals surface area contributed by atoms with Crippen molar-refractivity contribution in [1.29, 1.82) is 0 Å². The first-order valence-corrected chi connectivity index (χ1v) is 12.5. The van der Waals surface area contributed by atoms with Crippen LogP contribution in [0.3, 0.4) is 0 Å². The average molecular weight is 527 g/mol. The van der Waals surface area contributed by atoms with E-state index in [1.165, 1.54) is 34.8 Å². The molecule has 0 N–H and O–H groups in total. The lowest BCUT2D eigenvalue weighted by molar-refractivity contribution is -0.605. The molecule has 1 atom stereocenters. The minimum absolute atomic E-state index is 0.116. The van der Waals surface area contributed by atoms with Gasteiger partial charge in [0.05, 0.1) is 12.1 Å². The highest BCUT2D eigenvalue weighted by Crippen LogP contribution is 2.45. The van der Waals surface area contributed by atoms with E-state index in [1.54, 1.807) is 12.1 Å². The first-order chi connectivity index (χ1) is 16.0. The molecule has 1 aromatic carbocycles. The van der Waals surface area contributed by atoms with E-state index in [0.29, 0.717) is 12.3 Å². The number of benzene rings is 1. The number of amides is 1. The Morgan fingerprint density at radius 3 is 2.64 bits per heavy atom. The summed E-state index contributed by atoms with van der Waals surface area (Å²) in [5.41, 5.74) is 5.93. The van der Waals surface area contributed by atoms with Crippen LogP contribution in [-0.2, 0) is 24.1 Å². The number of halogens is 2. The van der Waals surface area contributed by atoms with Gasteiger partial charge in [-0.05, 0) is 72.1 Å². The number of nitrogens with zero attached hydrogens (tertiary/aromatic N) is 3. The molecule has 2 aliphatic rings. The lowest BCUT2D eigenvalue weighted by atomic mass is 9.76. The van der Waals surface area contributed by atoms with Gasteiger partial charge in [0.15, 0.2) is 12.4 Å². The van der Waals surface area contributed by atoms with Crippen molar-refractivity contribution in [3.63, 3.8) is 0 Å². The second-order valence-corrected chi connectivity index (χ2v) is 10.2. The zero-order valence-corrected chi connectivity index (χ0v) is 20.6. The van der Waals surface area contributed by atoms with Gasteiger partial charge in [0, 0.05) is 46.8 Å². The summed E-state index contributed by atoms with van der Waals surface area (Å²) in [7, 11) is 0. The molecule has 0 spiro atoms. The van der Waals surface area contributed by atoms with Crippen molar-refractivity contribution in [1.82, 2.24) is 9.88 Å². The number of aryl methyl sites for hydroxylation is 2. The highest BCUT2D eigenvalue weighted by Gasteiger charge is 2.36. The van der Waals surface area contributed by atoms with Crippen LogP contribution in [0.25, 0.3) is 0 Å². The number of likely N-dealkylation sites (tertiary alicyclic amines) is 1. The molecule has 1 amide bonds. The Balaban J connectivity index is 1.38. The third kappa shape index (κ3) is 4.64. The summed E-state index contributed by atoms with van der Waals surface area (Å²) >= 11 is 10.2. The number of carbonyl (C=O) groups excluding carboxylic acids is 1. The predicted octanol–water partition coefficient (Wildman–Crippen LogP) is 4.84. The van der Waals surface area contributed by atoms with E-state index >= 15 is 0 Å². The SMILES string of the molecule is O=C(Cc1cc[n+]([O-])cc1)N1CCC([C@H]2c3ncccc3CCc3cc(Cl)cc(Br)c32)CC1. The summed E-state index contributed by atoms with van der Waals surface area (Å²) in [5, 5.41) is 12.0. The number of rotatable bonds is 3. The van der Waals surface area contributed by atoms with Gasteiger partial charge < -0.3 is 10.1 Å². The van der Waals surface area contributed by atoms with E-state index < -0.39 is 0 Å². The summed E-state index contributed by atoms with van der Waals surface area (Å²) < 4.78 is 1.79. The van der Waals surface area contributed by atoms with Crippen molar-refractivity contribution in [2.24, 2.45) is 5.92 Å². The van der Waals surface area contributed by atoms with Crippen LogP contribution in [0, 0.1) is 11.1 Å². The molecule has 0 radical (unpaired) electrons. The van der Waals surface area contributed by atoms with Gasteiger partial charge >= 0.3 is 0 Å². The third-order valence-corrected chi connectivity index (χ3v) is 7.84. The van der Waals surface area contributed by atoms with Gasteiger partial charge in [-0.1, -0.05) is 33.6 Å². The Hall–Kier alpha value is -2.44. The molecule has 170 valence electrons. The summed E-state index contributed by atoms with van der Waals surface area (Å²) in [5.74, 6) is 0.697. The van der Waals surface area contributed by atoms with Crippen LogP contribution in [0.1, 0.15) is 46.7 Å². The largest absolute Gasteiger partial charge is 0.619 e. The standard InChI is InChI=1S/C26H25BrClN3O2/c27-22-16-21(28)15-20-4-3-19-2-1-9-29-26(19)25(24(20)22)18-7-10-30(11-8-18)23(32)14-17-5-12-31(33)13-6-17/h1-2,5-6,9,12-13,15-16,18,25H,3-4,7-8,10-11,14H2/t25-/m1/s1. The van der Waals surface area contributed by atoms with Gasteiger partial charge in [-0.2, -0.15) is 4.73 Å². The molecule has 1 saturated heterocycles. The molecule has 1 fully saturated rings. The number of fused-ring (bicyclic) bond motifs is 2. The first-order valence-electron chi connectivity index (χ1n) is 11.4. The molecule has 0 unspecified atom stereocenters. The van der Waals surface area contributed by atoms with E-state index in [4.69, 9.17) is 16.6 Å². The topological polar surface area (TPSA) is 60.1 Å². The minimum Gasteiger partial charge on any atom is -0.619 e. The molecule has 0 bridgehead atoms. The Morgan fingerprint density at radius 1 is 1.15 bits per heavy atom. The molecule has 5 rings (SSSR count). The molecular weight excluding hydrogens is 502 g/mol. The molecule has 1 aliphatic carbocycles. The summed E-state index contributed by atoms with van der Waals surface area (Å²) in [6, 6.07) is 11.7. The van der Waals surface area contributed by atoms with Gasteiger partial charge in [0.25, 0.3) is 0 Å². The van der Waals surface area contributed by atoms with Crippen LogP contribution in [0.15, 0.2) is 59.5 Å². The summed E-state index contributed by atoms with van der Waals surface area (Å²) in [6.07, 6.45) is 8.85. The maximum atomic E-state index is 12.9. The lowest BCUT2D eigenvalue weighted by Gasteiger charge is -2.37. The molecule has 7 heteroatoms. The molecule has 1 aliphatic heterocycles. The highest BCUT2D eigenvalue weighted by molar-refractivity contribution is 9.10. The summed E-state index contributed by atoms with van der Waals surface area (Å²) in [4.78, 5) is 19.7. The van der Waals surface area contributed by atoms with Crippen LogP contribution < -0.4 is 4.73 Å². The second kappa shape index (κ2) is 9.43. The maximum absolute atomic E-state index is 12.9. The monoisotopic (exact) mass is 525 g/mol. The maximum Gasteiger partial charge on any atom is 0.226 e. The average Bonchev–Trinajstić information content (AvgIpc) is 2.98. The van der Waals surface area contributed by atoms with Crippen molar-refractivity contribution in [3.05, 3.63) is 97.6 Å².